The number of rotatable bonds is 8. The van der Waals surface area contributed by atoms with Gasteiger partial charge in [0.15, 0.2) is 0 Å². The summed E-state index contributed by atoms with van der Waals surface area (Å²) in [6, 6.07) is 0. The zero-order valence-electron chi connectivity index (χ0n) is 9.03. The predicted molar refractivity (Wildman–Crippen MR) is 61.7 cm³/mol. The monoisotopic (exact) mass is 188 g/mol. The van der Waals surface area contributed by atoms with Gasteiger partial charge in [0.05, 0.1) is 0 Å². The van der Waals surface area contributed by atoms with Gasteiger partial charge in [0.1, 0.15) is 0 Å². The quantitative estimate of drug-likeness (QED) is 0.390. The molecule has 0 aliphatic rings. The van der Waals surface area contributed by atoms with Crippen LogP contribution in [0, 0.1) is 0 Å². The largest absolute Gasteiger partial charge is 0.119 e. The molecule has 0 aromatic heterocycles. The molecular weight excluding hydrogens is 163 g/mol. The van der Waals surface area contributed by atoms with Crippen molar-refractivity contribution in [3.8, 4) is 0 Å². The van der Waals surface area contributed by atoms with Crippen molar-refractivity contribution in [2.45, 2.75) is 65.0 Å². The van der Waals surface area contributed by atoms with Crippen molar-refractivity contribution in [3.05, 3.63) is 0 Å². The van der Waals surface area contributed by atoms with E-state index >= 15 is 0 Å². The highest BCUT2D eigenvalue weighted by molar-refractivity contribution is 7.38. The first-order valence-electron chi connectivity index (χ1n) is 5.58. The molecule has 1 atom stereocenters. The predicted octanol–water partition coefficient (Wildman–Crippen LogP) is 4.43. The smallest absolute Gasteiger partial charge is 0.0242 e. The highest BCUT2D eigenvalue weighted by Crippen LogP contribution is 2.25. The van der Waals surface area contributed by atoms with Crippen LogP contribution in [0.3, 0.4) is 0 Å². The van der Waals surface area contributed by atoms with Gasteiger partial charge in [-0.1, -0.05) is 40.0 Å². The van der Waals surface area contributed by atoms with E-state index in [4.69, 9.17) is 0 Å². The van der Waals surface area contributed by atoms with Gasteiger partial charge in [0.25, 0.3) is 0 Å². The van der Waals surface area contributed by atoms with Gasteiger partial charge in [-0.2, -0.15) is 0 Å². The molecule has 0 fully saturated rings. The van der Waals surface area contributed by atoms with Crippen molar-refractivity contribution < 1.29 is 0 Å². The zero-order valence-corrected chi connectivity index (χ0v) is 10.0. The Morgan fingerprint density at radius 1 is 0.917 bits per heavy atom. The van der Waals surface area contributed by atoms with E-state index in [-0.39, 0.29) is 0 Å². The molecule has 0 N–H and O–H groups in total. The fraction of sp³-hybridized carbons (Fsp3) is 1.00. The van der Waals surface area contributed by atoms with Gasteiger partial charge >= 0.3 is 0 Å². The molecule has 74 valence electrons. The third-order valence-corrected chi connectivity index (χ3v) is 4.49. The number of unbranched alkanes of at least 4 members (excludes halogenated alkanes) is 3. The fourth-order valence-corrected chi connectivity index (χ4v) is 2.88. The minimum atomic E-state index is 1.03. The molecule has 0 heterocycles. The van der Waals surface area contributed by atoms with Crippen LogP contribution >= 0.6 is 8.58 Å². The van der Waals surface area contributed by atoms with E-state index in [9.17, 15) is 0 Å². The summed E-state index contributed by atoms with van der Waals surface area (Å²) in [5.74, 6) is 0. The molecule has 0 saturated carbocycles. The molecular formula is C11H25P. The Labute approximate surface area is 80.3 Å². The highest BCUT2D eigenvalue weighted by atomic mass is 31.1. The summed E-state index contributed by atoms with van der Waals surface area (Å²) in [4.78, 5) is 0. The average molecular weight is 188 g/mol. The Hall–Kier alpha value is 0.430. The lowest BCUT2D eigenvalue weighted by Crippen LogP contribution is -1.96. The molecule has 0 amide bonds. The fourth-order valence-electron chi connectivity index (χ4n) is 1.44. The summed E-state index contributed by atoms with van der Waals surface area (Å²) in [7, 11) is 1.23. The molecule has 0 rings (SSSR count). The van der Waals surface area contributed by atoms with E-state index < -0.39 is 0 Å². The first-order valence-corrected chi connectivity index (χ1v) is 6.86. The van der Waals surface area contributed by atoms with Gasteiger partial charge in [-0.15, -0.1) is 8.58 Å². The lowest BCUT2D eigenvalue weighted by molar-refractivity contribution is 0.701. The van der Waals surface area contributed by atoms with Gasteiger partial charge in [-0.25, -0.2) is 0 Å². The molecule has 1 heteroatoms. The van der Waals surface area contributed by atoms with Gasteiger partial charge in [-0.05, 0) is 31.1 Å². The van der Waals surface area contributed by atoms with E-state index in [1.165, 1.54) is 53.3 Å². The summed E-state index contributed by atoms with van der Waals surface area (Å²) in [5, 5.41) is 0. The van der Waals surface area contributed by atoms with Gasteiger partial charge in [0.2, 0.25) is 0 Å². The zero-order chi connectivity index (χ0) is 9.23. The third kappa shape index (κ3) is 7.10. The van der Waals surface area contributed by atoms with E-state index in [0.29, 0.717) is 0 Å². The molecule has 1 unspecified atom stereocenters. The van der Waals surface area contributed by atoms with Crippen LogP contribution in [0.15, 0.2) is 0 Å². The van der Waals surface area contributed by atoms with E-state index in [2.05, 4.69) is 20.8 Å². The Kier molecular flexibility index (Phi) is 9.86. The molecule has 0 aromatic carbocycles. The van der Waals surface area contributed by atoms with Crippen molar-refractivity contribution in [2.75, 3.05) is 6.16 Å². The highest BCUT2D eigenvalue weighted by Gasteiger charge is 2.01. The van der Waals surface area contributed by atoms with Crippen molar-refractivity contribution in [2.24, 2.45) is 0 Å². The van der Waals surface area contributed by atoms with Crippen LogP contribution in [0.25, 0.3) is 0 Å². The number of hydrogen-bond donors (Lipinski definition) is 0. The van der Waals surface area contributed by atoms with Crippen LogP contribution in [-0.4, -0.2) is 11.8 Å². The molecule has 0 aliphatic heterocycles. The minimum Gasteiger partial charge on any atom is -0.119 e. The SMILES string of the molecule is CCCCCCPC(CC)CC. The van der Waals surface area contributed by atoms with Gasteiger partial charge < -0.3 is 0 Å². The van der Waals surface area contributed by atoms with Crippen LogP contribution in [0.5, 0.6) is 0 Å². The Bertz CT molecular complexity index is 77.1. The van der Waals surface area contributed by atoms with Crippen molar-refractivity contribution in [3.63, 3.8) is 0 Å². The Morgan fingerprint density at radius 3 is 2.08 bits per heavy atom. The maximum atomic E-state index is 2.33. The molecule has 0 nitrogen and oxygen atoms in total. The van der Waals surface area contributed by atoms with E-state index in [1.807, 2.05) is 0 Å². The van der Waals surface area contributed by atoms with E-state index in [0.717, 1.165) is 5.66 Å². The molecule has 0 radical (unpaired) electrons. The first kappa shape index (κ1) is 12.4. The van der Waals surface area contributed by atoms with Crippen LogP contribution in [-0.2, 0) is 0 Å². The van der Waals surface area contributed by atoms with Crippen LogP contribution in [0.2, 0.25) is 0 Å². The van der Waals surface area contributed by atoms with Crippen LogP contribution in [0.1, 0.15) is 59.3 Å². The second-order valence-corrected chi connectivity index (χ2v) is 5.25. The standard InChI is InChI=1S/C11H25P/c1-4-7-8-9-10-12-11(5-2)6-3/h11-12H,4-10H2,1-3H3. The van der Waals surface area contributed by atoms with Crippen LogP contribution < -0.4 is 0 Å². The molecule has 0 saturated heterocycles. The molecule has 0 aliphatic carbocycles. The minimum absolute atomic E-state index is 1.03. The van der Waals surface area contributed by atoms with Gasteiger partial charge in [0, 0.05) is 0 Å². The molecule has 0 spiro atoms. The summed E-state index contributed by atoms with van der Waals surface area (Å²) in [5.41, 5.74) is 1.03. The lowest BCUT2D eigenvalue weighted by atomic mass is 10.2. The third-order valence-electron chi connectivity index (χ3n) is 2.45. The molecule has 12 heavy (non-hydrogen) atoms. The number of hydrogen-bond acceptors (Lipinski definition) is 0. The normalized spacial score (nSPS) is 12.0. The molecule has 0 bridgehead atoms. The lowest BCUT2D eigenvalue weighted by Gasteiger charge is -2.11. The average Bonchev–Trinajstić information content (AvgIpc) is 2.11. The maximum Gasteiger partial charge on any atom is -0.0242 e. The second kappa shape index (κ2) is 9.52. The summed E-state index contributed by atoms with van der Waals surface area (Å²) >= 11 is 0. The Balaban J connectivity index is 3.06. The van der Waals surface area contributed by atoms with Crippen LogP contribution in [0.4, 0.5) is 0 Å². The van der Waals surface area contributed by atoms with Crippen molar-refractivity contribution in [1.29, 1.82) is 0 Å². The van der Waals surface area contributed by atoms with Crippen molar-refractivity contribution >= 4 is 8.58 Å². The second-order valence-electron chi connectivity index (χ2n) is 3.53. The van der Waals surface area contributed by atoms with E-state index in [1.54, 1.807) is 0 Å². The summed E-state index contributed by atoms with van der Waals surface area (Å²) < 4.78 is 0. The first-order chi connectivity index (χ1) is 5.85. The topological polar surface area (TPSA) is 0 Å². The summed E-state index contributed by atoms with van der Waals surface area (Å²) in [6.45, 7) is 6.93. The summed E-state index contributed by atoms with van der Waals surface area (Å²) in [6.07, 6.45) is 10.0. The maximum absolute atomic E-state index is 2.33. The van der Waals surface area contributed by atoms with Gasteiger partial charge in [-0.3, -0.25) is 0 Å². The molecule has 0 aromatic rings. The Morgan fingerprint density at radius 2 is 1.58 bits per heavy atom. The van der Waals surface area contributed by atoms with Crippen molar-refractivity contribution in [1.82, 2.24) is 0 Å².